The fourth-order valence-electron chi connectivity index (χ4n) is 2.75. The van der Waals surface area contributed by atoms with Gasteiger partial charge < -0.3 is 5.32 Å². The van der Waals surface area contributed by atoms with E-state index in [2.05, 4.69) is 20.3 Å². The van der Waals surface area contributed by atoms with Crippen molar-refractivity contribution in [3.05, 3.63) is 78.5 Å². The molecule has 4 rings (SSSR count). The molecule has 0 saturated carbocycles. The SMILES string of the molecule is O=C(Nc1cccnc1)c1ccc2ncn(-c3ccccc3C(F)(F)F)c2n1. The van der Waals surface area contributed by atoms with Crippen LogP contribution >= 0.6 is 0 Å². The molecule has 1 N–H and O–H groups in total. The van der Waals surface area contributed by atoms with E-state index in [0.717, 1.165) is 6.07 Å². The van der Waals surface area contributed by atoms with Gasteiger partial charge in [-0.05, 0) is 36.4 Å². The molecule has 0 bridgehead atoms. The van der Waals surface area contributed by atoms with Gasteiger partial charge in [-0.1, -0.05) is 12.1 Å². The number of hydrogen-bond acceptors (Lipinski definition) is 4. The van der Waals surface area contributed by atoms with Gasteiger partial charge in [0.15, 0.2) is 5.65 Å². The average Bonchev–Trinajstić information content (AvgIpc) is 3.11. The maximum absolute atomic E-state index is 13.4. The summed E-state index contributed by atoms with van der Waals surface area (Å²) in [4.78, 5) is 24.7. The zero-order valence-electron chi connectivity index (χ0n) is 14.2. The molecule has 0 aliphatic heterocycles. The molecular weight excluding hydrogens is 371 g/mol. The van der Waals surface area contributed by atoms with Gasteiger partial charge in [-0.15, -0.1) is 0 Å². The second-order valence-corrected chi connectivity index (χ2v) is 5.86. The van der Waals surface area contributed by atoms with Crippen LogP contribution in [0.5, 0.6) is 0 Å². The van der Waals surface area contributed by atoms with Gasteiger partial charge in [0.2, 0.25) is 0 Å². The first-order valence-electron chi connectivity index (χ1n) is 8.15. The Morgan fingerprint density at radius 3 is 2.61 bits per heavy atom. The molecular formula is C19H12F3N5O. The highest BCUT2D eigenvalue weighted by Crippen LogP contribution is 2.34. The number of hydrogen-bond donors (Lipinski definition) is 1. The average molecular weight is 383 g/mol. The summed E-state index contributed by atoms with van der Waals surface area (Å²) >= 11 is 0. The monoisotopic (exact) mass is 383 g/mol. The number of para-hydroxylation sites is 1. The molecule has 1 aromatic carbocycles. The maximum atomic E-state index is 13.4. The van der Waals surface area contributed by atoms with Crippen molar-refractivity contribution in [3.63, 3.8) is 0 Å². The normalized spacial score (nSPS) is 11.5. The van der Waals surface area contributed by atoms with Crippen LogP contribution in [0, 0.1) is 0 Å². The number of aromatic nitrogens is 4. The molecule has 1 amide bonds. The summed E-state index contributed by atoms with van der Waals surface area (Å²) < 4.78 is 41.3. The molecule has 3 aromatic heterocycles. The van der Waals surface area contributed by atoms with E-state index in [1.165, 1.54) is 47.4 Å². The number of benzene rings is 1. The molecule has 9 heteroatoms. The van der Waals surface area contributed by atoms with Crippen molar-refractivity contribution >= 4 is 22.8 Å². The lowest BCUT2D eigenvalue weighted by atomic mass is 10.1. The minimum atomic E-state index is -4.54. The first-order valence-corrected chi connectivity index (χ1v) is 8.15. The van der Waals surface area contributed by atoms with Crippen LogP contribution in [0.25, 0.3) is 16.9 Å². The fourth-order valence-corrected chi connectivity index (χ4v) is 2.75. The smallest absolute Gasteiger partial charge is 0.319 e. The van der Waals surface area contributed by atoms with Crippen LogP contribution in [0.15, 0.2) is 67.3 Å². The third-order valence-corrected chi connectivity index (χ3v) is 4.02. The number of amides is 1. The number of carbonyl (C=O) groups excluding carboxylic acids is 1. The second kappa shape index (κ2) is 6.76. The van der Waals surface area contributed by atoms with Crippen LogP contribution in [0.2, 0.25) is 0 Å². The van der Waals surface area contributed by atoms with E-state index >= 15 is 0 Å². The number of anilines is 1. The van der Waals surface area contributed by atoms with E-state index in [1.54, 1.807) is 18.3 Å². The number of halogens is 3. The Morgan fingerprint density at radius 1 is 1.04 bits per heavy atom. The second-order valence-electron chi connectivity index (χ2n) is 5.86. The summed E-state index contributed by atoms with van der Waals surface area (Å²) in [6, 6.07) is 11.4. The van der Waals surface area contributed by atoms with Gasteiger partial charge in [-0.2, -0.15) is 13.2 Å². The van der Waals surface area contributed by atoms with Crippen molar-refractivity contribution in [3.8, 4) is 5.69 Å². The Balaban J connectivity index is 1.77. The van der Waals surface area contributed by atoms with Crippen LogP contribution in [0.4, 0.5) is 18.9 Å². The lowest BCUT2D eigenvalue weighted by Crippen LogP contribution is -2.14. The summed E-state index contributed by atoms with van der Waals surface area (Å²) in [7, 11) is 0. The van der Waals surface area contributed by atoms with Crippen molar-refractivity contribution in [2.24, 2.45) is 0 Å². The Hall–Kier alpha value is -3.75. The first-order chi connectivity index (χ1) is 13.4. The van der Waals surface area contributed by atoms with Gasteiger partial charge in [0.1, 0.15) is 17.5 Å². The van der Waals surface area contributed by atoms with Crippen LogP contribution in [0.3, 0.4) is 0 Å². The van der Waals surface area contributed by atoms with E-state index < -0.39 is 17.6 Å². The molecule has 140 valence electrons. The molecule has 0 saturated heterocycles. The van der Waals surface area contributed by atoms with Crippen LogP contribution < -0.4 is 5.32 Å². The summed E-state index contributed by atoms with van der Waals surface area (Å²) in [6.07, 6.45) is -0.246. The highest BCUT2D eigenvalue weighted by Gasteiger charge is 2.34. The third kappa shape index (κ3) is 3.29. The largest absolute Gasteiger partial charge is 0.418 e. The highest BCUT2D eigenvalue weighted by molar-refractivity contribution is 6.03. The molecule has 28 heavy (non-hydrogen) atoms. The number of carbonyl (C=O) groups is 1. The quantitative estimate of drug-likeness (QED) is 0.578. The third-order valence-electron chi connectivity index (χ3n) is 4.02. The zero-order valence-corrected chi connectivity index (χ0v) is 14.2. The maximum Gasteiger partial charge on any atom is 0.418 e. The molecule has 0 atom stereocenters. The molecule has 0 aliphatic rings. The molecule has 3 heterocycles. The Bertz CT molecular complexity index is 1160. The first kappa shape index (κ1) is 17.7. The number of fused-ring (bicyclic) bond motifs is 1. The van der Waals surface area contributed by atoms with Gasteiger partial charge in [0.05, 0.1) is 23.1 Å². The number of imidazole rings is 1. The number of nitrogens with zero attached hydrogens (tertiary/aromatic N) is 4. The van der Waals surface area contributed by atoms with E-state index in [4.69, 9.17) is 0 Å². The number of alkyl halides is 3. The van der Waals surface area contributed by atoms with Gasteiger partial charge in [-0.25, -0.2) is 9.97 Å². The Kier molecular flexibility index (Phi) is 4.26. The van der Waals surface area contributed by atoms with Crippen molar-refractivity contribution in [2.45, 2.75) is 6.18 Å². The van der Waals surface area contributed by atoms with Gasteiger partial charge in [0.25, 0.3) is 5.91 Å². The lowest BCUT2D eigenvalue weighted by molar-refractivity contribution is -0.137. The number of pyridine rings is 2. The topological polar surface area (TPSA) is 72.7 Å². The molecule has 0 spiro atoms. The van der Waals surface area contributed by atoms with Crippen molar-refractivity contribution < 1.29 is 18.0 Å². The summed E-state index contributed by atoms with van der Waals surface area (Å²) in [6.45, 7) is 0. The molecule has 0 fully saturated rings. The zero-order chi connectivity index (χ0) is 19.7. The fraction of sp³-hybridized carbons (Fsp3) is 0.0526. The number of rotatable bonds is 3. The summed E-state index contributed by atoms with van der Waals surface area (Å²) in [5.74, 6) is -0.508. The molecule has 0 unspecified atom stereocenters. The molecule has 0 radical (unpaired) electrons. The van der Waals surface area contributed by atoms with E-state index in [9.17, 15) is 18.0 Å². The van der Waals surface area contributed by atoms with Gasteiger partial charge in [0, 0.05) is 6.20 Å². The van der Waals surface area contributed by atoms with Crippen molar-refractivity contribution in [2.75, 3.05) is 5.32 Å². The number of nitrogens with one attached hydrogen (secondary N) is 1. The lowest BCUT2D eigenvalue weighted by Gasteiger charge is -2.13. The standard InChI is InChI=1S/C19H12F3N5O/c20-19(21,22)13-5-1-2-6-16(13)27-11-24-14-7-8-15(26-17(14)27)18(28)25-12-4-3-9-23-10-12/h1-11H,(H,25,28). The minimum absolute atomic E-state index is 0.0441. The highest BCUT2D eigenvalue weighted by atomic mass is 19.4. The summed E-state index contributed by atoms with van der Waals surface area (Å²) in [5, 5.41) is 2.64. The predicted octanol–water partition coefficient (Wildman–Crippen LogP) is 4.09. The van der Waals surface area contributed by atoms with E-state index in [0.29, 0.717) is 11.2 Å². The molecule has 4 aromatic rings. The molecule has 0 aliphatic carbocycles. The van der Waals surface area contributed by atoms with Crippen molar-refractivity contribution in [1.29, 1.82) is 0 Å². The van der Waals surface area contributed by atoms with Gasteiger partial charge in [-0.3, -0.25) is 14.3 Å². The van der Waals surface area contributed by atoms with Gasteiger partial charge >= 0.3 is 6.18 Å². The van der Waals surface area contributed by atoms with Crippen LogP contribution in [-0.2, 0) is 6.18 Å². The van der Waals surface area contributed by atoms with E-state index in [1.807, 2.05) is 0 Å². The van der Waals surface area contributed by atoms with Crippen molar-refractivity contribution in [1.82, 2.24) is 19.5 Å². The Labute approximate surface area is 156 Å². The summed E-state index contributed by atoms with van der Waals surface area (Å²) in [5.41, 5.74) is 0.106. The minimum Gasteiger partial charge on any atom is -0.319 e. The molecule has 6 nitrogen and oxygen atoms in total. The van der Waals surface area contributed by atoms with Crippen LogP contribution in [0.1, 0.15) is 16.1 Å². The Morgan fingerprint density at radius 2 is 1.86 bits per heavy atom. The van der Waals surface area contributed by atoms with E-state index in [-0.39, 0.29) is 17.0 Å². The van der Waals surface area contributed by atoms with Crippen LogP contribution in [-0.4, -0.2) is 25.4 Å². The predicted molar refractivity (Wildman–Crippen MR) is 96.1 cm³/mol.